The first-order chi connectivity index (χ1) is 13.1. The van der Waals surface area contributed by atoms with E-state index in [1.807, 2.05) is 0 Å². The molecule has 2 heterocycles. The van der Waals surface area contributed by atoms with E-state index in [1.54, 1.807) is 14.0 Å². The molecule has 0 radical (unpaired) electrons. The molecule has 2 atom stereocenters. The number of hydrogen-bond donors (Lipinski definition) is 1. The van der Waals surface area contributed by atoms with E-state index >= 15 is 0 Å². The van der Waals surface area contributed by atoms with Gasteiger partial charge in [0.1, 0.15) is 11.1 Å². The second-order valence-electron chi connectivity index (χ2n) is 8.16. The summed E-state index contributed by atoms with van der Waals surface area (Å²) in [5.41, 5.74) is 1.88. The second kappa shape index (κ2) is 7.76. The van der Waals surface area contributed by atoms with Gasteiger partial charge in [-0.25, -0.2) is 0 Å². The maximum Gasteiger partial charge on any atom is 0.291 e. The van der Waals surface area contributed by atoms with E-state index in [0.717, 1.165) is 36.6 Å². The molecule has 7 nitrogen and oxygen atoms in total. The number of nitrogens with one attached hydrogen (secondary N) is 1. The summed E-state index contributed by atoms with van der Waals surface area (Å²) in [6, 6.07) is 2.28. The van der Waals surface area contributed by atoms with Crippen LogP contribution in [0.15, 0.2) is 9.55 Å². The SMILES string of the molecule is CC(Sc1c([O-])on[n+]1C)C(=O)Nc1sc2c(c1C#N)CCC(C(C)(C)C)C2. The molecule has 0 aliphatic heterocycles. The van der Waals surface area contributed by atoms with Crippen LogP contribution in [0.5, 0.6) is 5.95 Å². The summed E-state index contributed by atoms with van der Waals surface area (Å²) in [5.74, 6) is -0.259. The molecule has 3 rings (SSSR count). The van der Waals surface area contributed by atoms with Crippen molar-refractivity contribution in [2.75, 3.05) is 5.32 Å². The summed E-state index contributed by atoms with van der Waals surface area (Å²) in [4.78, 5) is 13.9. The zero-order valence-electron chi connectivity index (χ0n) is 16.7. The van der Waals surface area contributed by atoms with Gasteiger partial charge in [-0.2, -0.15) is 5.26 Å². The number of aryl methyl sites for hydroxylation is 1. The lowest BCUT2D eigenvalue weighted by Crippen LogP contribution is -2.33. The van der Waals surface area contributed by atoms with Gasteiger partial charge in [-0.15, -0.1) is 11.3 Å². The van der Waals surface area contributed by atoms with Crippen LogP contribution in [0.3, 0.4) is 0 Å². The highest BCUT2D eigenvalue weighted by Crippen LogP contribution is 2.44. The third-order valence-electron chi connectivity index (χ3n) is 5.21. The van der Waals surface area contributed by atoms with Crippen molar-refractivity contribution < 1.29 is 19.1 Å². The monoisotopic (exact) mass is 420 g/mol. The summed E-state index contributed by atoms with van der Waals surface area (Å²) in [6.45, 7) is 8.45. The molecule has 2 unspecified atom stereocenters. The molecule has 0 aromatic carbocycles. The highest BCUT2D eigenvalue weighted by molar-refractivity contribution is 8.00. The van der Waals surface area contributed by atoms with Gasteiger partial charge in [0.25, 0.3) is 5.03 Å². The fraction of sp³-hybridized carbons (Fsp3) is 0.579. The van der Waals surface area contributed by atoms with Crippen molar-refractivity contribution in [2.24, 2.45) is 18.4 Å². The summed E-state index contributed by atoms with van der Waals surface area (Å²) >= 11 is 2.59. The highest BCUT2D eigenvalue weighted by atomic mass is 32.2. The first-order valence-electron chi connectivity index (χ1n) is 9.17. The van der Waals surface area contributed by atoms with E-state index in [4.69, 9.17) is 0 Å². The third-order valence-corrected chi connectivity index (χ3v) is 7.60. The Kier molecular flexibility index (Phi) is 5.73. The molecule has 1 amide bonds. The van der Waals surface area contributed by atoms with E-state index in [1.165, 1.54) is 20.9 Å². The van der Waals surface area contributed by atoms with Crippen molar-refractivity contribution in [2.45, 2.75) is 57.2 Å². The first kappa shape index (κ1) is 20.7. The molecule has 0 fully saturated rings. The standard InChI is InChI=1S/C19H24N4O3S2/c1-10(27-17-18(25)26-22-23(17)5)15(24)21-16-13(9-20)12-7-6-11(19(2,3)4)8-14(12)28-16/h10-11H,6-8H2,1-5H3,(H-,21,22,24,25). The van der Waals surface area contributed by atoms with Crippen molar-refractivity contribution in [1.29, 1.82) is 5.26 Å². The normalized spacial score (nSPS) is 17.6. The summed E-state index contributed by atoms with van der Waals surface area (Å²) < 4.78 is 5.90. The van der Waals surface area contributed by atoms with Crippen molar-refractivity contribution in [3.05, 3.63) is 16.0 Å². The van der Waals surface area contributed by atoms with Gasteiger partial charge in [-0.05, 0) is 54.8 Å². The Labute approximate surface area is 172 Å². The van der Waals surface area contributed by atoms with Crippen LogP contribution < -0.4 is 15.1 Å². The van der Waals surface area contributed by atoms with Gasteiger partial charge in [-0.1, -0.05) is 25.5 Å². The lowest BCUT2D eigenvalue weighted by Gasteiger charge is -2.33. The number of carbonyl (C=O) groups excluding carboxylic acids is 1. The second-order valence-corrected chi connectivity index (χ2v) is 10.6. The van der Waals surface area contributed by atoms with E-state index < -0.39 is 11.2 Å². The van der Waals surface area contributed by atoms with Crippen LogP contribution >= 0.6 is 23.1 Å². The molecule has 0 bridgehead atoms. The van der Waals surface area contributed by atoms with Gasteiger partial charge in [0, 0.05) is 4.88 Å². The van der Waals surface area contributed by atoms with E-state index in [-0.39, 0.29) is 16.3 Å². The Morgan fingerprint density at radius 2 is 2.25 bits per heavy atom. The van der Waals surface area contributed by atoms with Crippen molar-refractivity contribution >= 4 is 34.0 Å². The van der Waals surface area contributed by atoms with Crippen LogP contribution in [0.2, 0.25) is 0 Å². The molecule has 1 N–H and O–H groups in total. The van der Waals surface area contributed by atoms with Gasteiger partial charge >= 0.3 is 0 Å². The third kappa shape index (κ3) is 4.03. The van der Waals surface area contributed by atoms with Crippen LogP contribution in [0.4, 0.5) is 5.00 Å². The zero-order valence-corrected chi connectivity index (χ0v) is 18.3. The minimum Gasteiger partial charge on any atom is -0.538 e. The average Bonchev–Trinajstić information content (AvgIpc) is 3.13. The van der Waals surface area contributed by atoms with Gasteiger partial charge in [0.05, 0.1) is 16.1 Å². The number of thioether (sulfide) groups is 1. The van der Waals surface area contributed by atoms with Crippen molar-refractivity contribution in [1.82, 2.24) is 5.27 Å². The molecule has 0 saturated heterocycles. The van der Waals surface area contributed by atoms with E-state index in [2.05, 4.69) is 42.0 Å². The topological polar surface area (TPSA) is 106 Å². The molecule has 150 valence electrons. The molecule has 1 aliphatic carbocycles. The summed E-state index contributed by atoms with van der Waals surface area (Å²) in [5, 5.41) is 28.1. The molecule has 9 heteroatoms. The summed E-state index contributed by atoms with van der Waals surface area (Å²) in [6.07, 6.45) is 2.86. The number of carbonyl (C=O) groups is 1. The predicted octanol–water partition coefficient (Wildman–Crippen LogP) is 2.78. The molecule has 2 aromatic heterocycles. The van der Waals surface area contributed by atoms with Crippen LogP contribution in [0.1, 0.15) is 50.1 Å². The number of rotatable bonds is 4. The molecule has 1 aliphatic rings. The van der Waals surface area contributed by atoms with Crippen LogP contribution in [0, 0.1) is 22.7 Å². The number of anilines is 1. The Bertz CT molecular complexity index is 917. The predicted molar refractivity (Wildman–Crippen MR) is 105 cm³/mol. The lowest BCUT2D eigenvalue weighted by molar-refractivity contribution is -0.772. The van der Waals surface area contributed by atoms with Gasteiger partial charge in [0.2, 0.25) is 5.91 Å². The number of aromatic nitrogens is 2. The van der Waals surface area contributed by atoms with E-state index in [9.17, 15) is 15.2 Å². The lowest BCUT2D eigenvalue weighted by atomic mass is 9.72. The Hall–Kier alpha value is -2.05. The molecule has 28 heavy (non-hydrogen) atoms. The van der Waals surface area contributed by atoms with Crippen LogP contribution in [-0.2, 0) is 24.7 Å². The van der Waals surface area contributed by atoms with Gasteiger partial charge in [-0.3, -0.25) is 4.79 Å². The number of nitrogens with zero attached hydrogens (tertiary/aromatic N) is 3. The fourth-order valence-electron chi connectivity index (χ4n) is 3.40. The van der Waals surface area contributed by atoms with Crippen molar-refractivity contribution in [3.63, 3.8) is 0 Å². The molecule has 0 spiro atoms. The number of fused-ring (bicyclic) bond motifs is 1. The Morgan fingerprint density at radius 1 is 1.54 bits per heavy atom. The minimum absolute atomic E-state index is 0.216. The smallest absolute Gasteiger partial charge is 0.291 e. The molecular weight excluding hydrogens is 396 g/mol. The molecular formula is C19H24N4O3S2. The minimum atomic E-state index is -0.565. The average molecular weight is 421 g/mol. The quantitative estimate of drug-likeness (QED) is 0.602. The number of nitriles is 1. The number of amides is 1. The Morgan fingerprint density at radius 3 is 2.82 bits per heavy atom. The maximum absolute atomic E-state index is 12.7. The van der Waals surface area contributed by atoms with Crippen LogP contribution in [0.25, 0.3) is 0 Å². The van der Waals surface area contributed by atoms with Gasteiger partial charge < -0.3 is 14.9 Å². The largest absolute Gasteiger partial charge is 0.538 e. The van der Waals surface area contributed by atoms with Crippen LogP contribution in [-0.4, -0.2) is 16.4 Å². The number of thiophene rings is 1. The maximum atomic E-state index is 12.7. The van der Waals surface area contributed by atoms with Crippen molar-refractivity contribution in [3.8, 4) is 12.0 Å². The fourth-order valence-corrected chi connectivity index (χ4v) is 5.50. The van der Waals surface area contributed by atoms with E-state index in [0.29, 0.717) is 16.5 Å². The first-order valence-corrected chi connectivity index (χ1v) is 10.9. The highest BCUT2D eigenvalue weighted by Gasteiger charge is 2.33. The summed E-state index contributed by atoms with van der Waals surface area (Å²) in [7, 11) is 1.59. The molecule has 2 aromatic rings. The Balaban J connectivity index is 1.77. The molecule has 0 saturated carbocycles. The van der Waals surface area contributed by atoms with Gasteiger partial charge in [0.15, 0.2) is 13.0 Å². The zero-order chi connectivity index (χ0) is 20.6. The number of hydrogen-bond acceptors (Lipinski definition) is 7.